The molecule has 5 heteroatoms. The van der Waals surface area contributed by atoms with Gasteiger partial charge in [0.2, 0.25) is 0 Å². The summed E-state index contributed by atoms with van der Waals surface area (Å²) in [5.41, 5.74) is 8.64. The molecule has 0 bridgehead atoms. The number of hydrogen-bond donors (Lipinski definition) is 1. The molecule has 0 saturated heterocycles. The highest BCUT2D eigenvalue weighted by Crippen LogP contribution is 2.34. The lowest BCUT2D eigenvalue weighted by Gasteiger charge is -2.13. The number of nitrogens with two attached hydrogens (primary N) is 1. The van der Waals surface area contributed by atoms with Gasteiger partial charge in [0, 0.05) is 16.3 Å². The minimum atomic E-state index is -0.282. The first-order valence-corrected chi connectivity index (χ1v) is 7.43. The molecule has 3 nitrogen and oxygen atoms in total. The predicted octanol–water partition coefficient (Wildman–Crippen LogP) is 4.03. The number of aryl methyl sites for hydroxylation is 1. The molecule has 2 rings (SSSR count). The van der Waals surface area contributed by atoms with Gasteiger partial charge in [0.05, 0.1) is 14.2 Å². The Labute approximate surface area is 128 Å². The predicted molar refractivity (Wildman–Crippen MR) is 84.7 cm³/mol. The highest BCUT2D eigenvalue weighted by molar-refractivity contribution is 7.98. The van der Waals surface area contributed by atoms with E-state index >= 15 is 0 Å². The minimum absolute atomic E-state index is 0.282. The van der Waals surface area contributed by atoms with Crippen molar-refractivity contribution >= 4 is 17.4 Å². The van der Waals surface area contributed by atoms with Crippen molar-refractivity contribution < 1.29 is 13.9 Å². The maximum atomic E-state index is 13.3. The van der Waals surface area contributed by atoms with E-state index in [1.165, 1.54) is 23.9 Å². The lowest BCUT2D eigenvalue weighted by molar-refractivity contribution is 0.354. The number of nitrogen functional groups attached to an aromatic ring is 1. The standard InChI is InChI=1S/C16H18FNO2S/c1-10-6-14(19-2)15(20-3)7-11(10)9-21-16-8-12(17)4-5-13(16)18/h4-8H,9,18H2,1-3H3. The van der Waals surface area contributed by atoms with Crippen molar-refractivity contribution in [3.05, 3.63) is 47.3 Å². The van der Waals surface area contributed by atoms with Crippen LogP contribution in [0.25, 0.3) is 0 Å². The quantitative estimate of drug-likeness (QED) is 0.669. The summed E-state index contributed by atoms with van der Waals surface area (Å²) in [4.78, 5) is 0.740. The Balaban J connectivity index is 2.21. The normalized spacial score (nSPS) is 10.5. The Morgan fingerprint density at radius 1 is 1.10 bits per heavy atom. The van der Waals surface area contributed by atoms with Gasteiger partial charge in [0.15, 0.2) is 11.5 Å². The summed E-state index contributed by atoms with van der Waals surface area (Å²) in [6, 6.07) is 8.27. The summed E-state index contributed by atoms with van der Waals surface area (Å²) in [5, 5.41) is 0. The van der Waals surface area contributed by atoms with Gasteiger partial charge in [-0.3, -0.25) is 0 Å². The molecule has 2 aromatic rings. The van der Waals surface area contributed by atoms with Crippen LogP contribution in [0.3, 0.4) is 0 Å². The summed E-state index contributed by atoms with van der Waals surface area (Å²) < 4.78 is 23.8. The smallest absolute Gasteiger partial charge is 0.161 e. The number of rotatable bonds is 5. The van der Waals surface area contributed by atoms with Crippen LogP contribution in [0.1, 0.15) is 11.1 Å². The first-order chi connectivity index (χ1) is 10.0. The Morgan fingerprint density at radius 2 is 1.76 bits per heavy atom. The molecule has 0 aromatic heterocycles. The second kappa shape index (κ2) is 6.72. The second-order valence-corrected chi connectivity index (χ2v) is 5.62. The van der Waals surface area contributed by atoms with Crippen molar-refractivity contribution in [1.82, 2.24) is 0 Å². The number of benzene rings is 2. The second-order valence-electron chi connectivity index (χ2n) is 4.60. The number of methoxy groups -OCH3 is 2. The van der Waals surface area contributed by atoms with Crippen LogP contribution in [0, 0.1) is 12.7 Å². The highest BCUT2D eigenvalue weighted by Gasteiger charge is 2.10. The van der Waals surface area contributed by atoms with E-state index in [0.29, 0.717) is 22.9 Å². The van der Waals surface area contributed by atoms with Gasteiger partial charge in [-0.25, -0.2) is 4.39 Å². The summed E-state index contributed by atoms with van der Waals surface area (Å²) in [5.74, 6) is 1.79. The van der Waals surface area contributed by atoms with Gasteiger partial charge in [-0.2, -0.15) is 0 Å². The molecule has 0 aliphatic heterocycles. The third kappa shape index (κ3) is 3.61. The zero-order valence-electron chi connectivity index (χ0n) is 12.3. The lowest BCUT2D eigenvalue weighted by atomic mass is 10.1. The van der Waals surface area contributed by atoms with Gasteiger partial charge in [0.1, 0.15) is 5.82 Å². The van der Waals surface area contributed by atoms with Crippen LogP contribution in [-0.4, -0.2) is 14.2 Å². The van der Waals surface area contributed by atoms with Crippen molar-refractivity contribution in [2.45, 2.75) is 17.6 Å². The van der Waals surface area contributed by atoms with Gasteiger partial charge < -0.3 is 15.2 Å². The molecule has 0 atom stereocenters. The van der Waals surface area contributed by atoms with Crippen LogP contribution in [0.15, 0.2) is 35.2 Å². The van der Waals surface area contributed by atoms with Crippen molar-refractivity contribution in [2.24, 2.45) is 0 Å². The topological polar surface area (TPSA) is 44.5 Å². The number of anilines is 1. The fourth-order valence-electron chi connectivity index (χ4n) is 1.97. The van der Waals surface area contributed by atoms with Crippen LogP contribution in [0.2, 0.25) is 0 Å². The molecule has 0 radical (unpaired) electrons. The molecule has 2 aromatic carbocycles. The minimum Gasteiger partial charge on any atom is -0.493 e. The van der Waals surface area contributed by atoms with E-state index in [1.807, 2.05) is 19.1 Å². The molecule has 0 heterocycles. The van der Waals surface area contributed by atoms with Gasteiger partial charge in [-0.15, -0.1) is 11.8 Å². The number of halogens is 1. The van der Waals surface area contributed by atoms with Gasteiger partial charge in [-0.05, 0) is 48.4 Å². The largest absolute Gasteiger partial charge is 0.493 e. The molecule has 0 fully saturated rings. The van der Waals surface area contributed by atoms with Crippen LogP contribution >= 0.6 is 11.8 Å². The molecule has 21 heavy (non-hydrogen) atoms. The van der Waals surface area contributed by atoms with Crippen LogP contribution in [0.5, 0.6) is 11.5 Å². The molecule has 0 aliphatic carbocycles. The van der Waals surface area contributed by atoms with Crippen molar-refractivity contribution in [1.29, 1.82) is 0 Å². The van der Waals surface area contributed by atoms with Crippen molar-refractivity contribution in [2.75, 3.05) is 20.0 Å². The molecular formula is C16H18FNO2S. The lowest BCUT2D eigenvalue weighted by Crippen LogP contribution is -1.95. The molecular weight excluding hydrogens is 289 g/mol. The van der Waals surface area contributed by atoms with Gasteiger partial charge >= 0.3 is 0 Å². The Bertz CT molecular complexity index is 646. The summed E-state index contributed by atoms with van der Waals surface area (Å²) >= 11 is 1.50. The number of hydrogen-bond acceptors (Lipinski definition) is 4. The van der Waals surface area contributed by atoms with Crippen molar-refractivity contribution in [3.63, 3.8) is 0 Å². The highest BCUT2D eigenvalue weighted by atomic mass is 32.2. The monoisotopic (exact) mass is 307 g/mol. The average Bonchev–Trinajstić information content (AvgIpc) is 2.48. The van der Waals surface area contributed by atoms with Crippen molar-refractivity contribution in [3.8, 4) is 11.5 Å². The van der Waals surface area contributed by atoms with E-state index in [2.05, 4.69) is 0 Å². The SMILES string of the molecule is COc1cc(C)c(CSc2cc(F)ccc2N)cc1OC. The zero-order valence-corrected chi connectivity index (χ0v) is 13.1. The van der Waals surface area contributed by atoms with Crippen LogP contribution in [0.4, 0.5) is 10.1 Å². The summed E-state index contributed by atoms with van der Waals surface area (Å²) in [7, 11) is 3.22. The number of thioether (sulfide) groups is 1. The fourth-order valence-corrected chi connectivity index (χ4v) is 3.02. The van der Waals surface area contributed by atoms with E-state index in [-0.39, 0.29) is 5.82 Å². The zero-order chi connectivity index (χ0) is 15.4. The van der Waals surface area contributed by atoms with E-state index in [9.17, 15) is 4.39 Å². The van der Waals surface area contributed by atoms with E-state index in [4.69, 9.17) is 15.2 Å². The van der Waals surface area contributed by atoms with Gasteiger partial charge in [0.25, 0.3) is 0 Å². The first-order valence-electron chi connectivity index (χ1n) is 6.44. The molecule has 0 amide bonds. The third-order valence-corrected chi connectivity index (χ3v) is 4.32. The molecule has 0 aliphatic rings. The molecule has 112 valence electrons. The first kappa shape index (κ1) is 15.5. The van der Waals surface area contributed by atoms with E-state index in [1.54, 1.807) is 20.3 Å². The molecule has 0 saturated carbocycles. The maximum absolute atomic E-state index is 13.3. The average molecular weight is 307 g/mol. The van der Waals surface area contributed by atoms with Crippen LogP contribution in [-0.2, 0) is 5.75 Å². The maximum Gasteiger partial charge on any atom is 0.161 e. The molecule has 0 spiro atoms. The Kier molecular flexibility index (Phi) is 4.96. The number of ether oxygens (including phenoxy) is 2. The van der Waals surface area contributed by atoms with Gasteiger partial charge in [-0.1, -0.05) is 0 Å². The van der Waals surface area contributed by atoms with E-state index < -0.39 is 0 Å². The molecule has 0 unspecified atom stereocenters. The molecule has 2 N–H and O–H groups in total. The fraction of sp³-hybridized carbons (Fsp3) is 0.250. The Hall–Kier alpha value is -1.88. The summed E-state index contributed by atoms with van der Waals surface area (Å²) in [6.45, 7) is 2.01. The van der Waals surface area contributed by atoms with Crippen LogP contribution < -0.4 is 15.2 Å². The third-order valence-electron chi connectivity index (χ3n) is 3.20. The van der Waals surface area contributed by atoms with E-state index in [0.717, 1.165) is 16.0 Å². The Morgan fingerprint density at radius 3 is 2.43 bits per heavy atom. The summed E-state index contributed by atoms with van der Waals surface area (Å²) in [6.07, 6.45) is 0.